The van der Waals surface area contributed by atoms with Crippen LogP contribution in [0.25, 0.3) is 0 Å². The van der Waals surface area contributed by atoms with Crippen molar-refractivity contribution in [3.05, 3.63) is 0 Å². The summed E-state index contributed by atoms with van der Waals surface area (Å²) in [4.78, 5) is 4.38. The molecule has 72 valence electrons. The highest BCUT2D eigenvalue weighted by Crippen LogP contribution is 2.15. The summed E-state index contributed by atoms with van der Waals surface area (Å²) in [7, 11) is 0. The van der Waals surface area contributed by atoms with Gasteiger partial charge in [0, 0.05) is 18.5 Å². The highest BCUT2D eigenvalue weighted by molar-refractivity contribution is 5.80. The number of guanidine groups is 1. The monoisotopic (exact) mass is 179 g/mol. The van der Waals surface area contributed by atoms with Crippen molar-refractivity contribution in [2.45, 2.75) is 20.8 Å². The van der Waals surface area contributed by atoms with Crippen LogP contribution < -0.4 is 10.6 Å². The Morgan fingerprint density at radius 3 is 2.92 bits per heavy atom. The Labute approximate surface area is 80.0 Å². The molecule has 2 N–H and O–H groups in total. The lowest BCUT2D eigenvalue weighted by Crippen LogP contribution is -2.47. The molecule has 1 aliphatic rings. The second-order valence-corrected chi connectivity index (χ2v) is 3.96. The maximum absolute atomic E-state index is 4.38. The van der Waals surface area contributed by atoms with Crippen molar-refractivity contribution >= 4 is 5.96 Å². The Balaban J connectivity index is 2.36. The van der Waals surface area contributed by atoms with Crippen molar-refractivity contribution in [1.82, 2.24) is 10.6 Å². The average Bonchev–Trinajstić information content (AvgIpc) is 2.08. The van der Waals surface area contributed by atoms with E-state index in [9.17, 15) is 0 Å². The molecule has 0 aliphatic carbocycles. The van der Waals surface area contributed by atoms with Gasteiger partial charge in [0.25, 0.3) is 0 Å². The van der Waals surface area contributed by atoms with E-state index < -0.39 is 0 Å². The number of nitrogens with one attached hydrogen (secondary N) is 2. The van der Waals surface area contributed by atoms with Crippen LogP contribution in [0.2, 0.25) is 0 Å². The van der Waals surface area contributed by atoms with E-state index in [2.05, 4.69) is 41.3 Å². The first-order valence-electron chi connectivity index (χ1n) is 4.56. The zero-order valence-electron chi connectivity index (χ0n) is 8.57. The largest absolute Gasteiger partial charge is 0.356 e. The van der Waals surface area contributed by atoms with Crippen LogP contribution in [0.4, 0.5) is 0 Å². The molecule has 0 amide bonds. The number of hydrogen-bond acceptors (Lipinski definition) is 3. The molecule has 3 heteroatoms. The summed E-state index contributed by atoms with van der Waals surface area (Å²) in [5, 5.41) is 6.36. The molecule has 0 atom stereocenters. The van der Waals surface area contributed by atoms with Crippen LogP contribution in [0.15, 0.2) is 4.99 Å². The van der Waals surface area contributed by atoms with Crippen molar-refractivity contribution < 1.29 is 0 Å². The Bertz CT molecular complexity index is 255. The number of rotatable bonds is 1. The van der Waals surface area contributed by atoms with E-state index in [1.54, 1.807) is 0 Å². The summed E-state index contributed by atoms with van der Waals surface area (Å²) in [5.74, 6) is 6.64. The number of hydrogen-bond donors (Lipinski definition) is 2. The predicted octanol–water partition coefficient (Wildman–Crippen LogP) is 0.585. The Kier molecular flexibility index (Phi) is 3.18. The fourth-order valence-electron chi connectivity index (χ4n) is 1.06. The standard InChI is InChI=1S/C10H17N3/c1-4-5-6-11-9-12-7-10(2,3)8-13-9/h6-8H2,1-3H3,(H2,11,12,13). The molecular weight excluding hydrogens is 162 g/mol. The maximum Gasteiger partial charge on any atom is 0.192 e. The van der Waals surface area contributed by atoms with Gasteiger partial charge in [-0.2, -0.15) is 0 Å². The molecule has 3 nitrogen and oxygen atoms in total. The van der Waals surface area contributed by atoms with Crippen LogP contribution in [0.3, 0.4) is 0 Å². The molecule has 0 saturated heterocycles. The first-order valence-corrected chi connectivity index (χ1v) is 4.56. The van der Waals surface area contributed by atoms with Gasteiger partial charge in [0.1, 0.15) is 0 Å². The van der Waals surface area contributed by atoms with Crippen LogP contribution in [-0.4, -0.2) is 25.6 Å². The molecule has 0 aromatic carbocycles. The van der Waals surface area contributed by atoms with E-state index in [1.807, 2.05) is 6.92 Å². The normalized spacial score (nSPS) is 19.2. The van der Waals surface area contributed by atoms with Gasteiger partial charge in [0.2, 0.25) is 0 Å². The molecule has 1 heterocycles. The zero-order valence-corrected chi connectivity index (χ0v) is 8.57. The summed E-state index contributed by atoms with van der Waals surface area (Å²) >= 11 is 0. The van der Waals surface area contributed by atoms with Crippen LogP contribution in [0, 0.1) is 17.3 Å². The molecular formula is C10H17N3. The third-order valence-corrected chi connectivity index (χ3v) is 1.92. The molecule has 13 heavy (non-hydrogen) atoms. The molecule has 0 fully saturated rings. The fraction of sp³-hybridized carbons (Fsp3) is 0.700. The molecule has 0 spiro atoms. The first kappa shape index (κ1) is 9.91. The number of aliphatic imine (C=N–C) groups is 1. The van der Waals surface area contributed by atoms with E-state index in [1.165, 1.54) is 0 Å². The lowest BCUT2D eigenvalue weighted by atomic mass is 9.93. The summed E-state index contributed by atoms with van der Waals surface area (Å²) < 4.78 is 0. The van der Waals surface area contributed by atoms with Gasteiger partial charge < -0.3 is 10.6 Å². The Hall–Kier alpha value is -1.17. The fourth-order valence-corrected chi connectivity index (χ4v) is 1.06. The highest BCUT2D eigenvalue weighted by Gasteiger charge is 2.21. The van der Waals surface area contributed by atoms with Crippen LogP contribution in [0.5, 0.6) is 0 Å². The summed E-state index contributed by atoms with van der Waals surface area (Å²) in [6, 6.07) is 0. The van der Waals surface area contributed by atoms with Gasteiger partial charge >= 0.3 is 0 Å². The molecule has 1 rings (SSSR count). The quantitative estimate of drug-likeness (QED) is 0.578. The Morgan fingerprint density at radius 2 is 2.38 bits per heavy atom. The molecule has 1 aliphatic heterocycles. The summed E-state index contributed by atoms with van der Waals surface area (Å²) in [6.07, 6.45) is 0. The van der Waals surface area contributed by atoms with Gasteiger partial charge in [0.05, 0.1) is 6.54 Å². The lowest BCUT2D eigenvalue weighted by Gasteiger charge is -2.28. The van der Waals surface area contributed by atoms with Gasteiger partial charge in [-0.1, -0.05) is 19.8 Å². The van der Waals surface area contributed by atoms with Crippen molar-refractivity contribution in [3.8, 4) is 11.8 Å². The van der Waals surface area contributed by atoms with Gasteiger partial charge in [0.15, 0.2) is 5.96 Å². The third-order valence-electron chi connectivity index (χ3n) is 1.92. The lowest BCUT2D eigenvalue weighted by molar-refractivity contribution is 0.359. The minimum absolute atomic E-state index is 0.279. The van der Waals surface area contributed by atoms with Crippen molar-refractivity contribution in [2.75, 3.05) is 19.6 Å². The molecule has 0 saturated carbocycles. The smallest absolute Gasteiger partial charge is 0.192 e. The predicted molar refractivity (Wildman–Crippen MR) is 55.5 cm³/mol. The molecule has 0 aromatic rings. The van der Waals surface area contributed by atoms with Crippen molar-refractivity contribution in [3.63, 3.8) is 0 Å². The van der Waals surface area contributed by atoms with E-state index >= 15 is 0 Å². The highest BCUT2D eigenvalue weighted by atomic mass is 15.2. The van der Waals surface area contributed by atoms with Crippen molar-refractivity contribution in [2.24, 2.45) is 10.4 Å². The van der Waals surface area contributed by atoms with Gasteiger partial charge in [-0.3, -0.25) is 4.99 Å². The molecule has 0 radical (unpaired) electrons. The molecule has 0 unspecified atom stereocenters. The number of nitrogens with zero attached hydrogens (tertiary/aromatic N) is 1. The molecule has 0 aromatic heterocycles. The molecule has 0 bridgehead atoms. The Morgan fingerprint density at radius 1 is 1.62 bits per heavy atom. The second kappa shape index (κ2) is 4.18. The minimum Gasteiger partial charge on any atom is -0.356 e. The van der Waals surface area contributed by atoms with E-state index in [0.717, 1.165) is 19.0 Å². The van der Waals surface area contributed by atoms with E-state index in [-0.39, 0.29) is 5.41 Å². The van der Waals surface area contributed by atoms with Gasteiger partial charge in [-0.05, 0) is 6.92 Å². The second-order valence-electron chi connectivity index (χ2n) is 3.96. The third kappa shape index (κ3) is 3.37. The van der Waals surface area contributed by atoms with E-state index in [4.69, 9.17) is 0 Å². The van der Waals surface area contributed by atoms with Crippen LogP contribution in [-0.2, 0) is 0 Å². The van der Waals surface area contributed by atoms with Crippen LogP contribution >= 0.6 is 0 Å². The first-order chi connectivity index (χ1) is 6.14. The van der Waals surface area contributed by atoms with Crippen molar-refractivity contribution in [1.29, 1.82) is 0 Å². The maximum atomic E-state index is 4.38. The van der Waals surface area contributed by atoms with Gasteiger partial charge in [-0.15, -0.1) is 5.92 Å². The zero-order chi connectivity index (χ0) is 9.73. The average molecular weight is 179 g/mol. The minimum atomic E-state index is 0.279. The summed E-state index contributed by atoms with van der Waals surface area (Å²) in [6.45, 7) is 8.75. The van der Waals surface area contributed by atoms with E-state index in [0.29, 0.717) is 6.54 Å². The summed E-state index contributed by atoms with van der Waals surface area (Å²) in [5.41, 5.74) is 0.279. The van der Waals surface area contributed by atoms with Gasteiger partial charge in [-0.25, -0.2) is 0 Å². The van der Waals surface area contributed by atoms with Crippen LogP contribution in [0.1, 0.15) is 20.8 Å². The topological polar surface area (TPSA) is 36.4 Å². The SMILES string of the molecule is CC#CCNC1=NCC(C)(C)CN1.